The molecule has 2 aromatic carbocycles. The van der Waals surface area contributed by atoms with Crippen LogP contribution in [-0.4, -0.2) is 29.9 Å². The fourth-order valence-electron chi connectivity index (χ4n) is 2.68. The number of nitrogens with two attached hydrogens (primary N) is 1. The number of amides is 1. The van der Waals surface area contributed by atoms with E-state index in [1.165, 1.54) is 38.5 Å². The van der Waals surface area contributed by atoms with Gasteiger partial charge in [0.25, 0.3) is 0 Å². The van der Waals surface area contributed by atoms with Crippen LogP contribution in [0.1, 0.15) is 16.1 Å². The predicted molar refractivity (Wildman–Crippen MR) is 95.6 cm³/mol. The lowest BCUT2D eigenvalue weighted by Gasteiger charge is -2.11. The van der Waals surface area contributed by atoms with Crippen LogP contribution in [0.15, 0.2) is 48.5 Å². The van der Waals surface area contributed by atoms with Gasteiger partial charge in [0.15, 0.2) is 17.2 Å². The molecule has 3 aromatic rings. The number of hydrogen-bond acceptors (Lipinski definition) is 4. The monoisotopic (exact) mass is 391 g/mol. The van der Waals surface area contributed by atoms with Crippen molar-refractivity contribution in [3.05, 3.63) is 59.8 Å². The quantitative estimate of drug-likeness (QED) is 0.720. The Labute approximate surface area is 158 Å². The zero-order chi connectivity index (χ0) is 20.5. The lowest BCUT2D eigenvalue weighted by atomic mass is 10.1. The Morgan fingerprint density at radius 3 is 2.18 bits per heavy atom. The number of primary amides is 1. The highest BCUT2D eigenvalue weighted by Crippen LogP contribution is 2.36. The van der Waals surface area contributed by atoms with E-state index < -0.39 is 17.8 Å². The summed E-state index contributed by atoms with van der Waals surface area (Å²) in [5.74, 6) is 0.174. The van der Waals surface area contributed by atoms with E-state index >= 15 is 0 Å². The molecule has 0 fully saturated rings. The number of benzene rings is 2. The summed E-state index contributed by atoms with van der Waals surface area (Å²) in [5, 5.41) is 3.70. The lowest BCUT2D eigenvalue weighted by Crippen LogP contribution is -2.11. The number of nitrogens with zero attached hydrogens (tertiary/aromatic N) is 2. The Balaban J connectivity index is 2.17. The molecule has 0 aliphatic rings. The van der Waals surface area contributed by atoms with E-state index in [-0.39, 0.29) is 11.3 Å². The highest BCUT2D eigenvalue weighted by molar-refractivity contribution is 5.92. The van der Waals surface area contributed by atoms with Gasteiger partial charge >= 0.3 is 6.18 Å². The second-order valence-corrected chi connectivity index (χ2v) is 5.81. The average Bonchev–Trinajstić information content (AvgIpc) is 3.13. The number of alkyl halides is 3. The topological polar surface area (TPSA) is 79.4 Å². The van der Waals surface area contributed by atoms with Crippen LogP contribution in [0.5, 0.6) is 11.5 Å². The van der Waals surface area contributed by atoms with Crippen molar-refractivity contribution in [2.75, 3.05) is 14.2 Å². The first-order chi connectivity index (χ1) is 13.2. The van der Waals surface area contributed by atoms with Crippen molar-refractivity contribution in [1.29, 1.82) is 0 Å². The first-order valence-corrected chi connectivity index (χ1v) is 8.04. The molecular formula is C19H16F3N3O3. The smallest absolute Gasteiger partial charge is 0.435 e. The maximum atomic E-state index is 13.3. The standard InChI is InChI=1S/C19H16F3N3O3/c1-27-15-8-5-12(9-16(15)28-2)14-10-17(19(20,21)22)24-25(14)13-6-3-11(4-7-13)18(23)26/h3-10H,1-2H3,(H2,23,26). The molecule has 0 radical (unpaired) electrons. The van der Waals surface area contributed by atoms with Crippen molar-refractivity contribution < 1.29 is 27.4 Å². The molecule has 1 heterocycles. The average molecular weight is 391 g/mol. The Hall–Kier alpha value is -3.49. The lowest BCUT2D eigenvalue weighted by molar-refractivity contribution is -0.141. The van der Waals surface area contributed by atoms with Gasteiger partial charge in [-0.1, -0.05) is 0 Å². The van der Waals surface area contributed by atoms with Gasteiger partial charge in [-0.2, -0.15) is 18.3 Å². The molecule has 0 bridgehead atoms. The molecule has 146 valence electrons. The summed E-state index contributed by atoms with van der Waals surface area (Å²) >= 11 is 0. The van der Waals surface area contributed by atoms with Crippen LogP contribution in [0.3, 0.4) is 0 Å². The van der Waals surface area contributed by atoms with Gasteiger partial charge in [-0.3, -0.25) is 4.79 Å². The summed E-state index contributed by atoms with van der Waals surface area (Å²) in [6.07, 6.45) is -4.62. The number of carbonyl (C=O) groups excluding carboxylic acids is 1. The van der Waals surface area contributed by atoms with Crippen LogP contribution in [0.4, 0.5) is 13.2 Å². The van der Waals surface area contributed by atoms with E-state index in [0.717, 1.165) is 10.7 Å². The van der Waals surface area contributed by atoms with E-state index in [1.54, 1.807) is 18.2 Å². The minimum Gasteiger partial charge on any atom is -0.493 e. The van der Waals surface area contributed by atoms with Gasteiger partial charge in [0.05, 0.1) is 25.6 Å². The fourth-order valence-corrected chi connectivity index (χ4v) is 2.68. The molecule has 0 saturated carbocycles. The van der Waals surface area contributed by atoms with E-state index in [2.05, 4.69) is 5.10 Å². The fraction of sp³-hybridized carbons (Fsp3) is 0.158. The Morgan fingerprint density at radius 2 is 1.64 bits per heavy atom. The highest BCUT2D eigenvalue weighted by Gasteiger charge is 2.35. The first-order valence-electron chi connectivity index (χ1n) is 8.04. The van der Waals surface area contributed by atoms with Crippen LogP contribution in [0.25, 0.3) is 16.9 Å². The van der Waals surface area contributed by atoms with Gasteiger partial charge in [-0.25, -0.2) is 4.68 Å². The predicted octanol–water partition coefficient (Wildman–Crippen LogP) is 3.67. The number of aromatic nitrogens is 2. The van der Waals surface area contributed by atoms with Crippen LogP contribution in [-0.2, 0) is 6.18 Å². The molecule has 1 aromatic heterocycles. The van der Waals surface area contributed by atoms with Crippen LogP contribution >= 0.6 is 0 Å². The normalized spacial score (nSPS) is 11.3. The summed E-state index contributed by atoms with van der Waals surface area (Å²) in [5.41, 5.74) is 5.38. The minimum absolute atomic E-state index is 0.195. The van der Waals surface area contributed by atoms with Gasteiger partial charge in [0.1, 0.15) is 0 Å². The molecule has 28 heavy (non-hydrogen) atoms. The van der Waals surface area contributed by atoms with Gasteiger partial charge in [0.2, 0.25) is 5.91 Å². The molecule has 0 unspecified atom stereocenters. The van der Waals surface area contributed by atoms with Gasteiger partial charge in [0, 0.05) is 11.1 Å². The van der Waals surface area contributed by atoms with Gasteiger partial charge < -0.3 is 15.2 Å². The number of rotatable bonds is 5. The molecule has 6 nitrogen and oxygen atoms in total. The summed E-state index contributed by atoms with van der Waals surface area (Å²) in [4.78, 5) is 11.2. The van der Waals surface area contributed by atoms with Crippen molar-refractivity contribution in [1.82, 2.24) is 9.78 Å². The van der Waals surface area contributed by atoms with E-state index in [9.17, 15) is 18.0 Å². The van der Waals surface area contributed by atoms with Crippen molar-refractivity contribution in [3.8, 4) is 28.4 Å². The maximum absolute atomic E-state index is 13.3. The molecule has 3 rings (SSSR count). The molecule has 9 heteroatoms. The van der Waals surface area contributed by atoms with Crippen molar-refractivity contribution in [2.24, 2.45) is 5.73 Å². The zero-order valence-electron chi connectivity index (χ0n) is 14.9. The minimum atomic E-state index is -4.62. The summed E-state index contributed by atoms with van der Waals surface area (Å²) in [6.45, 7) is 0. The molecular weight excluding hydrogens is 375 g/mol. The number of hydrogen-bond donors (Lipinski definition) is 1. The third-order valence-corrected chi connectivity index (χ3v) is 4.08. The number of halogens is 3. The Morgan fingerprint density at radius 1 is 1.00 bits per heavy atom. The van der Waals surface area contributed by atoms with Gasteiger partial charge in [-0.05, 0) is 48.5 Å². The number of ether oxygens (including phenoxy) is 2. The summed E-state index contributed by atoms with van der Waals surface area (Å²) in [6, 6.07) is 11.5. The van der Waals surface area contributed by atoms with Crippen LogP contribution < -0.4 is 15.2 Å². The molecule has 0 atom stereocenters. The third-order valence-electron chi connectivity index (χ3n) is 4.08. The van der Waals surface area contributed by atoms with Crippen molar-refractivity contribution in [3.63, 3.8) is 0 Å². The summed E-state index contributed by atoms with van der Waals surface area (Å²) < 4.78 is 51.3. The summed E-state index contributed by atoms with van der Waals surface area (Å²) in [7, 11) is 2.90. The van der Waals surface area contributed by atoms with E-state index in [0.29, 0.717) is 22.7 Å². The second-order valence-electron chi connectivity index (χ2n) is 5.81. The molecule has 2 N–H and O–H groups in total. The maximum Gasteiger partial charge on any atom is 0.435 e. The molecule has 0 saturated heterocycles. The first kappa shape index (κ1) is 19.3. The van der Waals surface area contributed by atoms with Crippen LogP contribution in [0, 0.1) is 0 Å². The highest BCUT2D eigenvalue weighted by atomic mass is 19.4. The third kappa shape index (κ3) is 3.64. The van der Waals surface area contributed by atoms with E-state index in [1.807, 2.05) is 0 Å². The Bertz CT molecular complexity index is 1010. The van der Waals surface area contributed by atoms with Gasteiger partial charge in [-0.15, -0.1) is 0 Å². The van der Waals surface area contributed by atoms with E-state index in [4.69, 9.17) is 15.2 Å². The van der Waals surface area contributed by atoms with Crippen LogP contribution in [0.2, 0.25) is 0 Å². The largest absolute Gasteiger partial charge is 0.493 e. The van der Waals surface area contributed by atoms with Crippen molar-refractivity contribution >= 4 is 5.91 Å². The van der Waals surface area contributed by atoms with Crippen molar-refractivity contribution in [2.45, 2.75) is 6.18 Å². The number of carbonyl (C=O) groups is 1. The molecule has 0 spiro atoms. The Kier molecular flexibility index (Phi) is 5.00. The zero-order valence-corrected chi connectivity index (χ0v) is 14.9. The number of methoxy groups -OCH3 is 2. The second kappa shape index (κ2) is 7.26. The molecule has 1 amide bonds. The molecule has 0 aliphatic carbocycles. The molecule has 0 aliphatic heterocycles. The SMILES string of the molecule is COc1ccc(-c2cc(C(F)(F)F)nn2-c2ccc(C(N)=O)cc2)cc1OC.